The van der Waals surface area contributed by atoms with Gasteiger partial charge in [-0.3, -0.25) is 14.5 Å². The second kappa shape index (κ2) is 4.52. The first kappa shape index (κ1) is 14.0. The van der Waals surface area contributed by atoms with E-state index >= 15 is 0 Å². The zero-order valence-electron chi connectivity index (χ0n) is 10.7. The molecule has 1 atom stereocenters. The van der Waals surface area contributed by atoms with Gasteiger partial charge in [0, 0.05) is 0 Å². The highest BCUT2D eigenvalue weighted by Gasteiger charge is 2.55. The number of carboxylic acids is 1. The van der Waals surface area contributed by atoms with Crippen LogP contribution in [0.5, 0.6) is 0 Å². The number of fused-ring (bicyclic) bond motifs is 2. The van der Waals surface area contributed by atoms with E-state index in [0.717, 1.165) is 5.56 Å². The Balaban J connectivity index is 2.06. The molecule has 110 valence electrons. The average molecular weight is 357 g/mol. The van der Waals surface area contributed by atoms with Gasteiger partial charge in [0.05, 0.1) is 4.47 Å². The Labute approximate surface area is 127 Å². The Morgan fingerprint density at radius 3 is 2.86 bits per heavy atom. The van der Waals surface area contributed by atoms with Crippen LogP contribution in [0.15, 0.2) is 16.6 Å². The predicted octanol–water partition coefficient (Wildman–Crippen LogP) is 1.37. The number of carbonyl (C=O) groups is 3. The van der Waals surface area contributed by atoms with Gasteiger partial charge in [0.2, 0.25) is 0 Å². The van der Waals surface area contributed by atoms with Crippen LogP contribution < -0.4 is 5.32 Å². The SMILES string of the molecule is O=C(O)CN1C(=O)NC2(CCc3cc(Br)c(F)cc32)C1=O. The fourth-order valence-corrected chi connectivity index (χ4v) is 3.30. The minimum Gasteiger partial charge on any atom is -0.480 e. The summed E-state index contributed by atoms with van der Waals surface area (Å²) in [5, 5.41) is 11.3. The number of carboxylic acid groups (broad SMARTS) is 1. The summed E-state index contributed by atoms with van der Waals surface area (Å²) in [6.07, 6.45) is 0.792. The molecule has 1 aromatic carbocycles. The molecule has 21 heavy (non-hydrogen) atoms. The third-order valence-electron chi connectivity index (χ3n) is 3.84. The lowest BCUT2D eigenvalue weighted by molar-refractivity contribution is -0.142. The Morgan fingerprint density at radius 2 is 2.19 bits per heavy atom. The molecule has 0 saturated carbocycles. The summed E-state index contributed by atoms with van der Waals surface area (Å²) in [7, 11) is 0. The Bertz CT molecular complexity index is 693. The minimum absolute atomic E-state index is 0.289. The van der Waals surface area contributed by atoms with Gasteiger partial charge in [0.15, 0.2) is 0 Å². The smallest absolute Gasteiger partial charge is 0.325 e. The molecule has 1 spiro atoms. The van der Waals surface area contributed by atoms with E-state index in [1.54, 1.807) is 6.07 Å². The van der Waals surface area contributed by atoms with Crippen molar-refractivity contribution in [2.75, 3.05) is 6.54 Å². The van der Waals surface area contributed by atoms with Crippen LogP contribution >= 0.6 is 15.9 Å². The summed E-state index contributed by atoms with van der Waals surface area (Å²) in [4.78, 5) is 35.8. The number of benzene rings is 1. The molecule has 2 N–H and O–H groups in total. The van der Waals surface area contributed by atoms with E-state index in [-0.39, 0.29) is 4.47 Å². The number of aliphatic carboxylic acids is 1. The maximum Gasteiger partial charge on any atom is 0.325 e. The van der Waals surface area contributed by atoms with Crippen molar-refractivity contribution in [3.8, 4) is 0 Å². The predicted molar refractivity (Wildman–Crippen MR) is 72.0 cm³/mol. The summed E-state index contributed by atoms with van der Waals surface area (Å²) in [5.74, 6) is -2.46. The van der Waals surface area contributed by atoms with Crippen molar-refractivity contribution in [1.29, 1.82) is 0 Å². The zero-order chi connectivity index (χ0) is 15.4. The van der Waals surface area contributed by atoms with E-state index in [2.05, 4.69) is 21.2 Å². The molecule has 1 heterocycles. The molecule has 1 fully saturated rings. The number of aryl methyl sites for hydroxylation is 1. The molecule has 2 aliphatic rings. The van der Waals surface area contributed by atoms with Crippen LogP contribution in [0.1, 0.15) is 17.5 Å². The zero-order valence-corrected chi connectivity index (χ0v) is 12.2. The maximum absolute atomic E-state index is 13.8. The molecular weight excluding hydrogens is 347 g/mol. The number of urea groups is 1. The van der Waals surface area contributed by atoms with Gasteiger partial charge in [-0.15, -0.1) is 0 Å². The minimum atomic E-state index is -1.34. The first-order chi connectivity index (χ1) is 9.85. The number of nitrogens with zero attached hydrogens (tertiary/aromatic N) is 1. The highest BCUT2D eigenvalue weighted by atomic mass is 79.9. The van der Waals surface area contributed by atoms with E-state index < -0.39 is 35.8 Å². The van der Waals surface area contributed by atoms with Gasteiger partial charge in [-0.1, -0.05) is 0 Å². The number of hydrogen-bond donors (Lipinski definition) is 2. The number of rotatable bonds is 2. The Hall–Kier alpha value is -1.96. The van der Waals surface area contributed by atoms with Crippen LogP contribution in [0.4, 0.5) is 9.18 Å². The van der Waals surface area contributed by atoms with Crippen molar-refractivity contribution < 1.29 is 23.9 Å². The Morgan fingerprint density at radius 1 is 1.48 bits per heavy atom. The van der Waals surface area contributed by atoms with Crippen LogP contribution in [0.3, 0.4) is 0 Å². The highest BCUT2D eigenvalue weighted by molar-refractivity contribution is 9.10. The molecule has 8 heteroatoms. The topological polar surface area (TPSA) is 86.7 Å². The molecule has 0 aromatic heterocycles. The van der Waals surface area contributed by atoms with Crippen LogP contribution in [0.2, 0.25) is 0 Å². The Kier molecular flexibility index (Phi) is 3.01. The number of hydrogen-bond acceptors (Lipinski definition) is 3. The van der Waals surface area contributed by atoms with Gasteiger partial charge in [-0.25, -0.2) is 9.18 Å². The van der Waals surface area contributed by atoms with Gasteiger partial charge >= 0.3 is 12.0 Å². The van der Waals surface area contributed by atoms with Gasteiger partial charge in [0.25, 0.3) is 5.91 Å². The van der Waals surface area contributed by atoms with Crippen LogP contribution in [-0.2, 0) is 21.5 Å². The highest BCUT2D eigenvalue weighted by Crippen LogP contribution is 2.42. The fraction of sp³-hybridized carbons (Fsp3) is 0.308. The number of amides is 3. The molecule has 1 aromatic rings. The maximum atomic E-state index is 13.8. The lowest BCUT2D eigenvalue weighted by atomic mass is 9.91. The molecule has 1 aliphatic heterocycles. The second-order valence-corrected chi connectivity index (χ2v) is 5.90. The number of nitrogens with one attached hydrogen (secondary N) is 1. The summed E-state index contributed by atoms with van der Waals surface area (Å²) >= 11 is 3.08. The van der Waals surface area contributed by atoms with Gasteiger partial charge in [-0.05, 0) is 52.0 Å². The third-order valence-corrected chi connectivity index (χ3v) is 4.45. The van der Waals surface area contributed by atoms with Crippen molar-refractivity contribution in [3.05, 3.63) is 33.5 Å². The van der Waals surface area contributed by atoms with Crippen LogP contribution in [0.25, 0.3) is 0 Å². The van der Waals surface area contributed by atoms with Crippen molar-refractivity contribution in [3.63, 3.8) is 0 Å². The number of carbonyl (C=O) groups excluding carboxylic acids is 2. The molecule has 1 saturated heterocycles. The average Bonchev–Trinajstić information content (AvgIpc) is 2.85. The summed E-state index contributed by atoms with van der Waals surface area (Å²) < 4.78 is 14.1. The molecule has 3 amide bonds. The van der Waals surface area contributed by atoms with Crippen LogP contribution in [0, 0.1) is 5.82 Å². The quantitative estimate of drug-likeness (QED) is 0.783. The van der Waals surface area contributed by atoms with Crippen molar-refractivity contribution in [2.45, 2.75) is 18.4 Å². The molecule has 1 aliphatic carbocycles. The second-order valence-electron chi connectivity index (χ2n) is 5.04. The van der Waals surface area contributed by atoms with Crippen molar-refractivity contribution >= 4 is 33.8 Å². The third kappa shape index (κ3) is 1.93. The number of halogens is 2. The molecular formula is C13H10BrFN2O4. The van der Waals surface area contributed by atoms with Gasteiger partial charge < -0.3 is 10.4 Å². The van der Waals surface area contributed by atoms with Crippen molar-refractivity contribution in [1.82, 2.24) is 10.2 Å². The van der Waals surface area contributed by atoms with Crippen molar-refractivity contribution in [2.24, 2.45) is 0 Å². The lowest BCUT2D eigenvalue weighted by Gasteiger charge is -2.22. The fourth-order valence-electron chi connectivity index (χ4n) is 2.91. The summed E-state index contributed by atoms with van der Waals surface area (Å²) in [6, 6.07) is 2.03. The van der Waals surface area contributed by atoms with E-state index in [0.29, 0.717) is 23.3 Å². The summed E-state index contributed by atoms with van der Waals surface area (Å²) in [6.45, 7) is -0.708. The van der Waals surface area contributed by atoms with E-state index in [1.165, 1.54) is 6.07 Å². The van der Waals surface area contributed by atoms with E-state index in [4.69, 9.17) is 5.11 Å². The lowest BCUT2D eigenvalue weighted by Crippen LogP contribution is -2.42. The van der Waals surface area contributed by atoms with E-state index in [9.17, 15) is 18.8 Å². The molecule has 0 bridgehead atoms. The number of imide groups is 1. The molecule has 0 radical (unpaired) electrons. The molecule has 3 rings (SSSR count). The van der Waals surface area contributed by atoms with Gasteiger partial charge in [0.1, 0.15) is 17.9 Å². The molecule has 1 unspecified atom stereocenters. The van der Waals surface area contributed by atoms with E-state index in [1.807, 2.05) is 0 Å². The van der Waals surface area contributed by atoms with Gasteiger partial charge in [-0.2, -0.15) is 0 Å². The first-order valence-electron chi connectivity index (χ1n) is 6.19. The monoisotopic (exact) mass is 356 g/mol. The normalized spacial score (nSPS) is 23.6. The molecule has 6 nitrogen and oxygen atoms in total. The van der Waals surface area contributed by atoms with Crippen LogP contribution in [-0.4, -0.2) is 34.5 Å². The first-order valence-corrected chi connectivity index (χ1v) is 6.99. The summed E-state index contributed by atoms with van der Waals surface area (Å²) in [5.41, 5.74) is -0.188. The largest absolute Gasteiger partial charge is 0.480 e. The standard InChI is InChI=1S/C13H10BrFN2O4/c14-8-3-6-1-2-13(7(6)4-9(8)15)11(20)17(5-10(18)19)12(21)16-13/h3-4H,1-2,5H2,(H,16,21)(H,18,19).